The zero-order valence-electron chi connectivity index (χ0n) is 23.4. The number of ether oxygens (including phenoxy) is 1. The largest absolute Gasteiger partial charge is 0.467 e. The fraction of sp³-hybridized carbons (Fsp3) is 0.156. The van der Waals surface area contributed by atoms with Crippen LogP contribution in [0.15, 0.2) is 101 Å². The minimum absolute atomic E-state index is 0.0783. The molecular weight excluding hydrogens is 585 g/mol. The highest BCUT2D eigenvalue weighted by Crippen LogP contribution is 2.41. The number of aliphatic imine (C=N–C) groups is 1. The molecule has 44 heavy (non-hydrogen) atoms. The molecule has 2 N–H and O–H groups in total. The van der Waals surface area contributed by atoms with Gasteiger partial charge in [0.25, 0.3) is 0 Å². The van der Waals surface area contributed by atoms with E-state index in [2.05, 4.69) is 15.6 Å². The van der Waals surface area contributed by atoms with E-state index < -0.39 is 29.1 Å². The average molecular weight is 612 g/mol. The molecular formula is C32H26FN5O5S. The van der Waals surface area contributed by atoms with E-state index in [-0.39, 0.29) is 30.3 Å². The molecule has 4 aromatic rings. The number of benzene rings is 3. The molecule has 1 aliphatic rings. The summed E-state index contributed by atoms with van der Waals surface area (Å²) < 4.78 is 24.7. The summed E-state index contributed by atoms with van der Waals surface area (Å²) in [6.45, 7) is 1.73. The molecule has 1 aliphatic heterocycles. The van der Waals surface area contributed by atoms with E-state index in [0.717, 1.165) is 11.6 Å². The quantitative estimate of drug-likeness (QED) is 0.235. The number of nitrogens with one attached hydrogen (secondary N) is 2. The Hall–Kier alpha value is -5.41. The van der Waals surface area contributed by atoms with E-state index in [1.54, 1.807) is 36.4 Å². The van der Waals surface area contributed by atoms with Crippen molar-refractivity contribution >= 4 is 46.2 Å². The molecule has 1 fully saturated rings. The zero-order chi connectivity index (χ0) is 31.1. The van der Waals surface area contributed by atoms with Gasteiger partial charge < -0.3 is 19.8 Å². The van der Waals surface area contributed by atoms with Crippen LogP contribution in [0.5, 0.6) is 0 Å². The van der Waals surface area contributed by atoms with Gasteiger partial charge in [0.2, 0.25) is 11.8 Å². The third kappa shape index (κ3) is 7.50. The van der Waals surface area contributed by atoms with Crippen molar-refractivity contribution in [3.8, 4) is 6.07 Å². The summed E-state index contributed by atoms with van der Waals surface area (Å²) in [4.78, 5) is 44.3. The molecule has 10 nitrogen and oxygen atoms in total. The maximum absolute atomic E-state index is 14.1. The number of halogens is 1. The number of anilines is 1. The van der Waals surface area contributed by atoms with Gasteiger partial charge in [-0.2, -0.15) is 5.26 Å². The lowest BCUT2D eigenvalue weighted by Crippen LogP contribution is -2.41. The molecule has 0 aliphatic carbocycles. The maximum atomic E-state index is 14.1. The summed E-state index contributed by atoms with van der Waals surface area (Å²) in [7, 11) is 0. The van der Waals surface area contributed by atoms with Gasteiger partial charge >= 0.3 is 6.09 Å². The van der Waals surface area contributed by atoms with Crippen LogP contribution in [-0.2, 0) is 27.5 Å². The summed E-state index contributed by atoms with van der Waals surface area (Å²) in [5.41, 5.74) is 2.25. The van der Waals surface area contributed by atoms with Gasteiger partial charge in [-0.25, -0.2) is 14.2 Å². The van der Waals surface area contributed by atoms with E-state index in [1.165, 1.54) is 42.0 Å². The summed E-state index contributed by atoms with van der Waals surface area (Å²) in [5.74, 6) is -0.788. The fourth-order valence-corrected chi connectivity index (χ4v) is 5.44. The number of amides is 3. The number of carbonyl (C=O) groups excluding carboxylic acids is 3. The van der Waals surface area contributed by atoms with E-state index in [4.69, 9.17) is 9.15 Å². The normalized spacial score (nSPS) is 15.9. The molecule has 3 aromatic carbocycles. The van der Waals surface area contributed by atoms with Crippen molar-refractivity contribution in [2.45, 2.75) is 31.4 Å². The number of thioether (sulfide) groups is 1. The van der Waals surface area contributed by atoms with E-state index in [0.29, 0.717) is 22.2 Å². The van der Waals surface area contributed by atoms with Crippen LogP contribution in [0.3, 0.4) is 0 Å². The molecule has 1 saturated heterocycles. The molecule has 0 saturated carbocycles. The first-order valence-corrected chi connectivity index (χ1v) is 14.3. The molecule has 1 aromatic heterocycles. The fourth-order valence-electron chi connectivity index (χ4n) is 4.27. The number of furan rings is 1. The van der Waals surface area contributed by atoms with Crippen molar-refractivity contribution in [1.29, 1.82) is 5.26 Å². The topological polar surface area (TPSA) is 137 Å². The molecule has 222 valence electrons. The van der Waals surface area contributed by atoms with Crippen LogP contribution >= 0.6 is 11.8 Å². The number of rotatable bonds is 9. The summed E-state index contributed by atoms with van der Waals surface area (Å²) in [5, 5.41) is 14.1. The van der Waals surface area contributed by atoms with E-state index in [9.17, 15) is 24.0 Å². The first-order chi connectivity index (χ1) is 21.3. The Bertz CT molecular complexity index is 1720. The average Bonchev–Trinajstić information content (AvgIpc) is 3.65. The minimum atomic E-state index is -0.872. The number of amidine groups is 1. The molecule has 3 amide bonds. The molecule has 0 spiro atoms. The van der Waals surface area contributed by atoms with Crippen molar-refractivity contribution in [3.05, 3.63) is 119 Å². The van der Waals surface area contributed by atoms with Gasteiger partial charge in [-0.1, -0.05) is 54.2 Å². The zero-order valence-corrected chi connectivity index (χ0v) is 24.2. The van der Waals surface area contributed by atoms with Gasteiger partial charge in [0.05, 0.1) is 30.1 Å². The number of carbonyl (C=O) groups is 3. The van der Waals surface area contributed by atoms with Gasteiger partial charge in [0.15, 0.2) is 5.17 Å². The van der Waals surface area contributed by atoms with E-state index >= 15 is 0 Å². The predicted octanol–water partition coefficient (Wildman–Crippen LogP) is 6.05. The molecule has 5 rings (SSSR count). The van der Waals surface area contributed by atoms with Gasteiger partial charge in [-0.05, 0) is 60.5 Å². The Balaban J connectivity index is 1.25. The maximum Gasteiger partial charge on any atom is 0.408 e. The van der Waals surface area contributed by atoms with Crippen molar-refractivity contribution in [3.63, 3.8) is 0 Å². The molecule has 12 heteroatoms. The van der Waals surface area contributed by atoms with Gasteiger partial charge in [0, 0.05) is 5.69 Å². The Kier molecular flexibility index (Phi) is 9.37. The van der Waals surface area contributed by atoms with Crippen LogP contribution in [0.4, 0.5) is 20.6 Å². The van der Waals surface area contributed by atoms with Crippen molar-refractivity contribution < 1.29 is 27.9 Å². The highest BCUT2D eigenvalue weighted by atomic mass is 32.2. The highest BCUT2D eigenvalue weighted by molar-refractivity contribution is 8.15. The SMILES string of the molecule is C[C@H](NC(=O)OCc1ccccc1)C(=O)Nc1ccc(C2S/C(=N\c3cc(F)cc(C#N)c3)N(Cc3ccco3)C2=O)cc1. The Morgan fingerprint density at radius 1 is 1.11 bits per heavy atom. The second kappa shape index (κ2) is 13.7. The number of nitrogens with zero attached hydrogens (tertiary/aromatic N) is 3. The molecule has 1 unspecified atom stereocenters. The predicted molar refractivity (Wildman–Crippen MR) is 162 cm³/mol. The summed E-state index contributed by atoms with van der Waals surface area (Å²) in [6.07, 6.45) is 0.780. The van der Waals surface area contributed by atoms with Crippen LogP contribution < -0.4 is 10.6 Å². The Morgan fingerprint density at radius 2 is 1.89 bits per heavy atom. The van der Waals surface area contributed by atoms with Gasteiger partial charge in [-0.15, -0.1) is 0 Å². The second-order valence-corrected chi connectivity index (χ2v) is 10.8. The molecule has 2 heterocycles. The summed E-state index contributed by atoms with van der Waals surface area (Å²) in [6, 6.07) is 24.1. The van der Waals surface area contributed by atoms with Crippen LogP contribution in [0, 0.1) is 17.1 Å². The first-order valence-electron chi connectivity index (χ1n) is 13.5. The second-order valence-electron chi connectivity index (χ2n) is 9.74. The van der Waals surface area contributed by atoms with Crippen LogP contribution in [-0.4, -0.2) is 34.0 Å². The Morgan fingerprint density at radius 3 is 2.59 bits per heavy atom. The lowest BCUT2D eigenvalue weighted by Gasteiger charge is -2.16. The Labute approximate surface area is 256 Å². The standard InChI is InChI=1S/C32H26FN5O5S/c1-20(35-32(41)43-19-21-6-3-2-4-7-21)29(39)36-25-11-9-23(10-12-25)28-30(40)38(18-27-8-5-13-42-27)31(44-28)37-26-15-22(17-34)14-24(33)16-26/h2-16,20,28H,18-19H2,1H3,(H,35,41)(H,36,39)/b37-31-/t20-,28?/m0/s1. The van der Waals surface area contributed by atoms with E-state index in [1.807, 2.05) is 36.4 Å². The van der Waals surface area contributed by atoms with Crippen LogP contribution in [0.1, 0.15) is 34.6 Å². The third-order valence-corrected chi connectivity index (χ3v) is 7.73. The molecule has 0 bridgehead atoms. The lowest BCUT2D eigenvalue weighted by atomic mass is 10.1. The van der Waals surface area contributed by atoms with Gasteiger partial charge in [-0.3, -0.25) is 14.5 Å². The van der Waals surface area contributed by atoms with Crippen LogP contribution in [0.25, 0.3) is 0 Å². The van der Waals surface area contributed by atoms with Gasteiger partial charge in [0.1, 0.15) is 29.5 Å². The smallest absolute Gasteiger partial charge is 0.408 e. The van der Waals surface area contributed by atoms with Crippen LogP contribution in [0.2, 0.25) is 0 Å². The molecule has 2 atom stereocenters. The van der Waals surface area contributed by atoms with Crippen molar-refractivity contribution in [2.24, 2.45) is 4.99 Å². The third-order valence-electron chi connectivity index (χ3n) is 6.50. The summed E-state index contributed by atoms with van der Waals surface area (Å²) >= 11 is 1.18. The molecule has 0 radical (unpaired) electrons. The first kappa shape index (κ1) is 30.1. The van der Waals surface area contributed by atoms with Crippen molar-refractivity contribution in [2.75, 3.05) is 5.32 Å². The number of hydrogen-bond acceptors (Lipinski definition) is 8. The lowest BCUT2D eigenvalue weighted by molar-refractivity contribution is -0.126. The highest BCUT2D eigenvalue weighted by Gasteiger charge is 2.39. The minimum Gasteiger partial charge on any atom is -0.467 e. The number of nitriles is 1. The number of hydrogen-bond donors (Lipinski definition) is 2. The monoisotopic (exact) mass is 611 g/mol. The number of alkyl carbamates (subject to hydrolysis) is 1. The van der Waals surface area contributed by atoms with Crippen molar-refractivity contribution in [1.82, 2.24) is 10.2 Å².